The molecule has 0 atom stereocenters. The van der Waals surface area contributed by atoms with Gasteiger partial charge in [0.2, 0.25) is 5.91 Å². The second-order valence-corrected chi connectivity index (χ2v) is 8.72. The van der Waals surface area contributed by atoms with Gasteiger partial charge in [0.1, 0.15) is 5.82 Å². The number of para-hydroxylation sites is 1. The van der Waals surface area contributed by atoms with Crippen molar-refractivity contribution in [3.8, 4) is 0 Å². The fraction of sp³-hybridized carbons (Fsp3) is 0.238. The highest BCUT2D eigenvalue weighted by atomic mass is 32.2. The van der Waals surface area contributed by atoms with Crippen molar-refractivity contribution in [2.24, 2.45) is 0 Å². The van der Waals surface area contributed by atoms with E-state index < -0.39 is 0 Å². The number of carbonyl (C=O) groups is 1. The SMILES string of the molecule is Cc1ccc(SCCNC(=O)CSc2nc3ccccc3c3nc(C)nn23)cc1. The van der Waals surface area contributed by atoms with Crippen LogP contribution >= 0.6 is 23.5 Å². The van der Waals surface area contributed by atoms with Crippen LogP contribution in [0, 0.1) is 13.8 Å². The van der Waals surface area contributed by atoms with Crippen molar-refractivity contribution in [2.45, 2.75) is 23.9 Å². The lowest BCUT2D eigenvalue weighted by molar-refractivity contribution is -0.118. The van der Waals surface area contributed by atoms with Gasteiger partial charge in [-0.05, 0) is 38.1 Å². The summed E-state index contributed by atoms with van der Waals surface area (Å²) in [5.41, 5.74) is 2.87. The Balaban J connectivity index is 1.35. The summed E-state index contributed by atoms with van der Waals surface area (Å²) < 4.78 is 1.73. The molecule has 29 heavy (non-hydrogen) atoms. The van der Waals surface area contributed by atoms with Crippen molar-refractivity contribution in [3.05, 3.63) is 59.9 Å². The van der Waals surface area contributed by atoms with Gasteiger partial charge in [-0.2, -0.15) is 4.52 Å². The molecule has 8 heteroatoms. The molecule has 0 fully saturated rings. The van der Waals surface area contributed by atoms with E-state index in [1.54, 1.807) is 16.3 Å². The van der Waals surface area contributed by atoms with Gasteiger partial charge < -0.3 is 5.32 Å². The molecule has 6 nitrogen and oxygen atoms in total. The Morgan fingerprint density at radius 3 is 2.66 bits per heavy atom. The Hall–Kier alpha value is -2.58. The molecule has 1 N–H and O–H groups in total. The smallest absolute Gasteiger partial charge is 0.230 e. The molecule has 0 aliphatic carbocycles. The molecule has 0 unspecified atom stereocenters. The Labute approximate surface area is 177 Å². The number of amides is 1. The molecule has 0 aliphatic rings. The van der Waals surface area contributed by atoms with E-state index in [9.17, 15) is 4.79 Å². The predicted molar refractivity (Wildman–Crippen MR) is 119 cm³/mol. The summed E-state index contributed by atoms with van der Waals surface area (Å²) in [6.45, 7) is 4.56. The number of aromatic nitrogens is 4. The molecular weight excluding hydrogens is 402 g/mol. The van der Waals surface area contributed by atoms with Crippen molar-refractivity contribution < 1.29 is 4.79 Å². The molecule has 0 bridgehead atoms. The molecule has 4 aromatic rings. The summed E-state index contributed by atoms with van der Waals surface area (Å²) >= 11 is 3.11. The van der Waals surface area contributed by atoms with E-state index in [0.717, 1.165) is 22.3 Å². The van der Waals surface area contributed by atoms with Crippen LogP contribution in [-0.4, -0.2) is 43.5 Å². The predicted octanol–water partition coefficient (Wildman–Crippen LogP) is 3.89. The van der Waals surface area contributed by atoms with Gasteiger partial charge in [0.05, 0.1) is 11.3 Å². The minimum Gasteiger partial charge on any atom is -0.355 e. The number of rotatable bonds is 7. The van der Waals surface area contributed by atoms with Gasteiger partial charge in [-0.3, -0.25) is 4.79 Å². The van der Waals surface area contributed by atoms with Crippen LogP contribution in [0.5, 0.6) is 0 Å². The summed E-state index contributed by atoms with van der Waals surface area (Å²) in [5, 5.41) is 9.04. The van der Waals surface area contributed by atoms with E-state index in [1.165, 1.54) is 22.2 Å². The van der Waals surface area contributed by atoms with E-state index in [4.69, 9.17) is 0 Å². The molecule has 1 amide bonds. The third kappa shape index (κ3) is 4.71. The van der Waals surface area contributed by atoms with Crippen molar-refractivity contribution >= 4 is 46.0 Å². The number of hydrogen-bond acceptors (Lipinski definition) is 6. The number of carbonyl (C=O) groups excluding carboxylic acids is 1. The lowest BCUT2D eigenvalue weighted by Crippen LogP contribution is -2.27. The van der Waals surface area contributed by atoms with Gasteiger partial charge in [-0.15, -0.1) is 16.9 Å². The van der Waals surface area contributed by atoms with Crippen LogP contribution in [-0.2, 0) is 4.79 Å². The number of aryl methyl sites for hydroxylation is 2. The quantitative estimate of drug-likeness (QED) is 0.276. The zero-order valence-electron chi connectivity index (χ0n) is 16.3. The van der Waals surface area contributed by atoms with E-state index >= 15 is 0 Å². The Morgan fingerprint density at radius 1 is 1.03 bits per heavy atom. The fourth-order valence-electron chi connectivity index (χ4n) is 2.90. The summed E-state index contributed by atoms with van der Waals surface area (Å²) in [5.74, 6) is 1.79. The molecular formula is C21H21N5OS2. The van der Waals surface area contributed by atoms with Crippen LogP contribution in [0.3, 0.4) is 0 Å². The van der Waals surface area contributed by atoms with Crippen LogP contribution in [0.25, 0.3) is 16.6 Å². The van der Waals surface area contributed by atoms with E-state index in [0.29, 0.717) is 17.5 Å². The first-order chi connectivity index (χ1) is 14.1. The van der Waals surface area contributed by atoms with Crippen molar-refractivity contribution in [1.82, 2.24) is 24.9 Å². The Kier molecular flexibility index (Phi) is 6.01. The lowest BCUT2D eigenvalue weighted by atomic mass is 10.2. The topological polar surface area (TPSA) is 72.2 Å². The second kappa shape index (κ2) is 8.84. The molecule has 2 heterocycles. The first kappa shape index (κ1) is 19.7. The van der Waals surface area contributed by atoms with Crippen LogP contribution in [0.4, 0.5) is 0 Å². The third-order valence-corrected chi connectivity index (χ3v) is 6.24. The van der Waals surface area contributed by atoms with Crippen LogP contribution in [0.2, 0.25) is 0 Å². The molecule has 148 valence electrons. The number of fused-ring (bicyclic) bond motifs is 3. The van der Waals surface area contributed by atoms with Crippen molar-refractivity contribution in [1.29, 1.82) is 0 Å². The summed E-state index contributed by atoms with van der Waals surface area (Å²) in [4.78, 5) is 22.7. The summed E-state index contributed by atoms with van der Waals surface area (Å²) in [7, 11) is 0. The summed E-state index contributed by atoms with van der Waals surface area (Å²) in [6, 6.07) is 16.2. The van der Waals surface area contributed by atoms with Gasteiger partial charge in [-0.25, -0.2) is 9.97 Å². The van der Waals surface area contributed by atoms with E-state index in [-0.39, 0.29) is 11.7 Å². The van der Waals surface area contributed by atoms with Gasteiger partial charge >= 0.3 is 0 Å². The number of hydrogen-bond donors (Lipinski definition) is 1. The Morgan fingerprint density at radius 2 is 1.83 bits per heavy atom. The molecule has 0 aliphatic heterocycles. The Bertz CT molecular complexity index is 1160. The van der Waals surface area contributed by atoms with Crippen LogP contribution in [0.15, 0.2) is 58.6 Å². The minimum absolute atomic E-state index is 0.0144. The molecule has 2 aromatic carbocycles. The number of nitrogens with one attached hydrogen (secondary N) is 1. The first-order valence-corrected chi connectivity index (χ1v) is 11.3. The zero-order valence-corrected chi connectivity index (χ0v) is 17.9. The molecule has 4 rings (SSSR count). The summed E-state index contributed by atoms with van der Waals surface area (Å²) in [6.07, 6.45) is 0. The van der Waals surface area contributed by atoms with Crippen molar-refractivity contribution in [3.63, 3.8) is 0 Å². The second-order valence-electron chi connectivity index (χ2n) is 6.61. The largest absolute Gasteiger partial charge is 0.355 e. The molecule has 0 spiro atoms. The van der Waals surface area contributed by atoms with Crippen LogP contribution in [0.1, 0.15) is 11.4 Å². The fourth-order valence-corrected chi connectivity index (χ4v) is 4.44. The molecule has 0 radical (unpaired) electrons. The van der Waals surface area contributed by atoms with E-state index in [2.05, 4.69) is 51.6 Å². The normalized spacial score (nSPS) is 11.2. The monoisotopic (exact) mass is 423 g/mol. The number of thioether (sulfide) groups is 2. The van der Waals surface area contributed by atoms with Gasteiger partial charge in [0, 0.05) is 22.6 Å². The third-order valence-electron chi connectivity index (χ3n) is 4.30. The van der Waals surface area contributed by atoms with Crippen LogP contribution < -0.4 is 5.32 Å². The molecule has 0 saturated heterocycles. The van der Waals surface area contributed by atoms with Crippen molar-refractivity contribution in [2.75, 3.05) is 18.1 Å². The standard InChI is InChI=1S/C21H21N5OS2/c1-14-7-9-16(10-8-14)28-12-11-22-19(27)13-29-21-24-18-6-4-3-5-17(18)20-23-15(2)25-26(20)21/h3-10H,11-13H2,1-2H3,(H,22,27). The van der Waals surface area contributed by atoms with E-state index in [1.807, 2.05) is 31.2 Å². The van der Waals surface area contributed by atoms with Gasteiger partial charge in [-0.1, -0.05) is 41.6 Å². The van der Waals surface area contributed by atoms with Gasteiger partial charge in [0.15, 0.2) is 10.8 Å². The highest BCUT2D eigenvalue weighted by molar-refractivity contribution is 7.99. The number of nitrogens with zero attached hydrogens (tertiary/aromatic N) is 4. The average Bonchev–Trinajstić information content (AvgIpc) is 3.12. The zero-order chi connectivity index (χ0) is 20.2. The average molecular weight is 424 g/mol. The molecule has 2 aromatic heterocycles. The lowest BCUT2D eigenvalue weighted by Gasteiger charge is -2.07. The van der Waals surface area contributed by atoms with Gasteiger partial charge in [0.25, 0.3) is 0 Å². The highest BCUT2D eigenvalue weighted by Gasteiger charge is 2.13. The number of benzene rings is 2. The highest BCUT2D eigenvalue weighted by Crippen LogP contribution is 2.23. The maximum Gasteiger partial charge on any atom is 0.230 e. The minimum atomic E-state index is -0.0144. The maximum absolute atomic E-state index is 12.3. The molecule has 0 saturated carbocycles. The maximum atomic E-state index is 12.3. The first-order valence-electron chi connectivity index (χ1n) is 9.31.